The highest BCUT2D eigenvalue weighted by Crippen LogP contribution is 2.20. The first-order chi connectivity index (χ1) is 9.54. The van der Waals surface area contributed by atoms with E-state index in [1.165, 1.54) is 13.0 Å². The van der Waals surface area contributed by atoms with Crippen molar-refractivity contribution in [2.45, 2.75) is 20.4 Å². The number of nitrogens with one attached hydrogen (secondary N) is 2. The summed E-state index contributed by atoms with van der Waals surface area (Å²) in [5, 5.41) is 5.62. The lowest BCUT2D eigenvalue weighted by atomic mass is 10.2. The maximum atomic E-state index is 13.5. The number of nitrogens with zero attached hydrogens (tertiary/aromatic N) is 1. The van der Waals surface area contributed by atoms with Gasteiger partial charge in [-0.25, -0.2) is 4.39 Å². The van der Waals surface area contributed by atoms with Gasteiger partial charge in [-0.3, -0.25) is 9.78 Å². The monoisotopic (exact) mass is 273 g/mol. The highest BCUT2D eigenvalue weighted by Gasteiger charge is 2.05. The highest BCUT2D eigenvalue weighted by atomic mass is 19.1. The first-order valence-electron chi connectivity index (χ1n) is 6.27. The molecule has 2 rings (SSSR count). The van der Waals surface area contributed by atoms with Crippen molar-refractivity contribution in [1.29, 1.82) is 0 Å². The minimum absolute atomic E-state index is 0.171. The molecular formula is C15H16FN3O. The Morgan fingerprint density at radius 1 is 1.30 bits per heavy atom. The largest absolute Gasteiger partial charge is 0.381 e. The minimum atomic E-state index is -0.456. The van der Waals surface area contributed by atoms with Crippen LogP contribution in [0.2, 0.25) is 0 Å². The number of halogens is 1. The molecule has 0 bridgehead atoms. The normalized spacial score (nSPS) is 10.2. The number of rotatable bonds is 4. The number of carbonyl (C=O) groups excluding carboxylic acids is 1. The molecule has 20 heavy (non-hydrogen) atoms. The van der Waals surface area contributed by atoms with Crippen molar-refractivity contribution >= 4 is 17.3 Å². The maximum Gasteiger partial charge on any atom is 0.221 e. The van der Waals surface area contributed by atoms with Crippen LogP contribution in [0, 0.1) is 12.7 Å². The molecule has 1 heterocycles. The van der Waals surface area contributed by atoms with Gasteiger partial charge in [0.25, 0.3) is 0 Å². The van der Waals surface area contributed by atoms with Crippen LogP contribution in [-0.4, -0.2) is 10.9 Å². The van der Waals surface area contributed by atoms with E-state index in [0.29, 0.717) is 6.54 Å². The molecule has 2 N–H and O–H groups in total. The van der Waals surface area contributed by atoms with Gasteiger partial charge in [0.1, 0.15) is 5.82 Å². The number of hydrogen-bond acceptors (Lipinski definition) is 3. The zero-order valence-corrected chi connectivity index (χ0v) is 11.4. The Morgan fingerprint density at radius 3 is 2.75 bits per heavy atom. The predicted octanol–water partition coefficient (Wildman–Crippen LogP) is 3.10. The van der Waals surface area contributed by atoms with E-state index in [4.69, 9.17) is 0 Å². The molecule has 1 aromatic carbocycles. The van der Waals surface area contributed by atoms with E-state index in [0.717, 1.165) is 16.9 Å². The fourth-order valence-corrected chi connectivity index (χ4v) is 1.73. The van der Waals surface area contributed by atoms with Gasteiger partial charge in [0, 0.05) is 31.0 Å². The third-order valence-corrected chi connectivity index (χ3v) is 2.75. The molecule has 0 aliphatic rings. The molecule has 4 nitrogen and oxygen atoms in total. The van der Waals surface area contributed by atoms with Crippen molar-refractivity contribution in [1.82, 2.24) is 4.98 Å². The molecule has 0 saturated heterocycles. The molecule has 0 unspecified atom stereocenters. The SMILES string of the molecule is CC(=O)Nc1cc(NCc2ccc(C)nc2)ccc1F. The molecule has 2 aromatic rings. The summed E-state index contributed by atoms with van der Waals surface area (Å²) in [5.74, 6) is -0.758. The molecule has 0 saturated carbocycles. The van der Waals surface area contributed by atoms with E-state index in [-0.39, 0.29) is 11.6 Å². The summed E-state index contributed by atoms with van der Waals surface area (Å²) in [6.07, 6.45) is 1.79. The molecule has 0 fully saturated rings. The second kappa shape index (κ2) is 6.14. The van der Waals surface area contributed by atoms with Crippen molar-refractivity contribution in [2.24, 2.45) is 0 Å². The van der Waals surface area contributed by atoms with Gasteiger partial charge in [-0.2, -0.15) is 0 Å². The highest BCUT2D eigenvalue weighted by molar-refractivity contribution is 5.89. The van der Waals surface area contributed by atoms with E-state index in [2.05, 4.69) is 15.6 Å². The van der Waals surface area contributed by atoms with Crippen LogP contribution in [0.1, 0.15) is 18.2 Å². The second-order valence-electron chi connectivity index (χ2n) is 4.54. The first-order valence-corrected chi connectivity index (χ1v) is 6.27. The van der Waals surface area contributed by atoms with E-state index >= 15 is 0 Å². The molecule has 0 atom stereocenters. The predicted molar refractivity (Wildman–Crippen MR) is 77.0 cm³/mol. The van der Waals surface area contributed by atoms with E-state index in [1.807, 2.05) is 19.1 Å². The number of aromatic nitrogens is 1. The van der Waals surface area contributed by atoms with E-state index in [9.17, 15) is 9.18 Å². The number of carbonyl (C=O) groups is 1. The van der Waals surface area contributed by atoms with Crippen LogP contribution >= 0.6 is 0 Å². The van der Waals surface area contributed by atoms with Gasteiger partial charge in [-0.1, -0.05) is 6.07 Å². The summed E-state index contributed by atoms with van der Waals surface area (Å²) >= 11 is 0. The molecule has 1 aromatic heterocycles. The lowest BCUT2D eigenvalue weighted by Crippen LogP contribution is -2.08. The Kier molecular flexibility index (Phi) is 4.30. The smallest absolute Gasteiger partial charge is 0.221 e. The van der Waals surface area contributed by atoms with E-state index < -0.39 is 5.82 Å². The van der Waals surface area contributed by atoms with Crippen molar-refractivity contribution < 1.29 is 9.18 Å². The average Bonchev–Trinajstić information content (AvgIpc) is 2.41. The van der Waals surface area contributed by atoms with Crippen LogP contribution in [0.25, 0.3) is 0 Å². The van der Waals surface area contributed by atoms with Crippen LogP contribution in [0.3, 0.4) is 0 Å². The molecule has 0 radical (unpaired) electrons. The molecule has 0 spiro atoms. The number of aryl methyl sites for hydroxylation is 1. The van der Waals surface area contributed by atoms with Crippen LogP contribution in [0.4, 0.5) is 15.8 Å². The number of anilines is 2. The van der Waals surface area contributed by atoms with Crippen LogP contribution in [0.15, 0.2) is 36.5 Å². The molecule has 0 aliphatic carbocycles. The Hall–Kier alpha value is -2.43. The number of pyridine rings is 1. The Labute approximate surface area is 117 Å². The topological polar surface area (TPSA) is 54.0 Å². The lowest BCUT2D eigenvalue weighted by molar-refractivity contribution is -0.114. The van der Waals surface area contributed by atoms with Gasteiger partial charge in [0.15, 0.2) is 0 Å². The summed E-state index contributed by atoms with van der Waals surface area (Å²) in [4.78, 5) is 15.2. The molecule has 5 heteroatoms. The van der Waals surface area contributed by atoms with Crippen molar-refractivity contribution in [3.05, 3.63) is 53.6 Å². The summed E-state index contributed by atoms with van der Waals surface area (Å²) in [7, 11) is 0. The van der Waals surface area contributed by atoms with Crippen molar-refractivity contribution in [3.8, 4) is 0 Å². The summed E-state index contributed by atoms with van der Waals surface area (Å²) in [6.45, 7) is 3.85. The average molecular weight is 273 g/mol. The van der Waals surface area contributed by atoms with Gasteiger partial charge in [-0.05, 0) is 36.8 Å². The Morgan fingerprint density at radius 2 is 2.10 bits per heavy atom. The standard InChI is InChI=1S/C15H16FN3O/c1-10-3-4-12(8-17-10)9-18-13-5-6-14(16)15(7-13)19-11(2)20/h3-8,18H,9H2,1-2H3,(H,19,20). The number of benzene rings is 1. The van der Waals surface area contributed by atoms with Crippen LogP contribution in [-0.2, 0) is 11.3 Å². The molecule has 0 aliphatic heterocycles. The van der Waals surface area contributed by atoms with Gasteiger partial charge >= 0.3 is 0 Å². The second-order valence-corrected chi connectivity index (χ2v) is 4.54. The van der Waals surface area contributed by atoms with Crippen molar-refractivity contribution in [2.75, 3.05) is 10.6 Å². The Bertz CT molecular complexity index is 611. The molecular weight excluding hydrogens is 257 g/mol. The zero-order chi connectivity index (χ0) is 14.5. The summed E-state index contributed by atoms with van der Waals surface area (Å²) < 4.78 is 13.5. The first kappa shape index (κ1) is 14.0. The zero-order valence-electron chi connectivity index (χ0n) is 11.4. The van der Waals surface area contributed by atoms with Gasteiger partial charge < -0.3 is 10.6 Å². The molecule has 1 amide bonds. The van der Waals surface area contributed by atoms with E-state index in [1.54, 1.807) is 18.3 Å². The Balaban J connectivity index is 2.06. The quantitative estimate of drug-likeness (QED) is 0.900. The fraction of sp³-hybridized carbons (Fsp3) is 0.200. The van der Waals surface area contributed by atoms with Crippen LogP contribution in [0.5, 0.6) is 0 Å². The number of amides is 1. The number of hydrogen-bond donors (Lipinski definition) is 2. The maximum absolute atomic E-state index is 13.5. The van der Waals surface area contributed by atoms with Gasteiger partial charge in [-0.15, -0.1) is 0 Å². The van der Waals surface area contributed by atoms with Crippen LogP contribution < -0.4 is 10.6 Å². The van der Waals surface area contributed by atoms with Crippen molar-refractivity contribution in [3.63, 3.8) is 0 Å². The summed E-state index contributed by atoms with van der Waals surface area (Å²) in [5.41, 5.74) is 2.89. The summed E-state index contributed by atoms with van der Waals surface area (Å²) in [6, 6.07) is 8.43. The molecule has 104 valence electrons. The third kappa shape index (κ3) is 3.78. The lowest BCUT2D eigenvalue weighted by Gasteiger charge is -2.10. The van der Waals surface area contributed by atoms with Gasteiger partial charge in [0.05, 0.1) is 5.69 Å². The minimum Gasteiger partial charge on any atom is -0.381 e. The van der Waals surface area contributed by atoms with Gasteiger partial charge in [0.2, 0.25) is 5.91 Å². The fourth-order valence-electron chi connectivity index (χ4n) is 1.73. The third-order valence-electron chi connectivity index (χ3n) is 2.75.